The number of benzene rings is 1. The summed E-state index contributed by atoms with van der Waals surface area (Å²) in [4.78, 5) is 11.7. The van der Waals surface area contributed by atoms with E-state index in [-0.39, 0.29) is 0 Å². The van der Waals surface area contributed by atoms with Crippen LogP contribution in [0.4, 0.5) is 0 Å². The maximum absolute atomic E-state index is 11.7. The van der Waals surface area contributed by atoms with Crippen LogP contribution in [0.15, 0.2) is 28.7 Å². The van der Waals surface area contributed by atoms with Gasteiger partial charge in [0, 0.05) is 17.3 Å². The molecule has 0 aromatic heterocycles. The normalized spacial score (nSPS) is 16.1. The van der Waals surface area contributed by atoms with E-state index < -0.39 is 0 Å². The van der Waals surface area contributed by atoms with Crippen LogP contribution in [0.25, 0.3) is 0 Å². The van der Waals surface area contributed by atoms with Crippen molar-refractivity contribution in [3.63, 3.8) is 0 Å². The van der Waals surface area contributed by atoms with Gasteiger partial charge in [0.2, 0.25) is 0 Å². The van der Waals surface area contributed by atoms with Crippen LogP contribution in [0, 0.1) is 5.92 Å². The van der Waals surface area contributed by atoms with Crippen LogP contribution in [-0.4, -0.2) is 18.9 Å². The Morgan fingerprint density at radius 3 is 2.73 bits per heavy atom. The van der Waals surface area contributed by atoms with E-state index in [1.807, 2.05) is 24.3 Å². The number of hydrogen-bond donors (Lipinski definition) is 1. The van der Waals surface area contributed by atoms with Crippen molar-refractivity contribution in [2.24, 2.45) is 5.92 Å². The van der Waals surface area contributed by atoms with Crippen molar-refractivity contribution in [3.05, 3.63) is 34.3 Å². The van der Waals surface area contributed by atoms with Crippen LogP contribution in [0.5, 0.6) is 0 Å². The van der Waals surface area contributed by atoms with Crippen LogP contribution < -0.4 is 5.32 Å². The van der Waals surface area contributed by atoms with Gasteiger partial charge in [-0.15, -0.1) is 0 Å². The van der Waals surface area contributed by atoms with Gasteiger partial charge >= 0.3 is 0 Å². The van der Waals surface area contributed by atoms with E-state index >= 15 is 0 Å². The van der Waals surface area contributed by atoms with Gasteiger partial charge in [0.05, 0.1) is 0 Å². The van der Waals surface area contributed by atoms with Gasteiger partial charge in [0.25, 0.3) is 0 Å². The number of halogens is 1. The minimum absolute atomic E-state index is 0.341. The van der Waals surface area contributed by atoms with Gasteiger partial charge in [0.1, 0.15) is 5.78 Å². The maximum Gasteiger partial charge on any atom is 0.137 e. The van der Waals surface area contributed by atoms with Gasteiger partial charge in [-0.05, 0) is 30.6 Å². The highest BCUT2D eigenvalue weighted by Crippen LogP contribution is 2.18. The lowest BCUT2D eigenvalue weighted by atomic mass is 9.94. The molecule has 1 fully saturated rings. The summed E-state index contributed by atoms with van der Waals surface area (Å²) < 4.78 is 1.03. The summed E-state index contributed by atoms with van der Waals surface area (Å²) in [6.45, 7) is 2.00. The number of carbonyl (C=O) groups excluding carboxylic acids is 1. The predicted octanol–water partition coefficient (Wildman–Crippen LogP) is 2.17. The Kier molecular flexibility index (Phi) is 3.54. The first kappa shape index (κ1) is 10.8. The van der Waals surface area contributed by atoms with Gasteiger partial charge in [-0.2, -0.15) is 0 Å². The van der Waals surface area contributed by atoms with Crippen molar-refractivity contribution >= 4 is 21.7 Å². The Balaban J connectivity index is 1.90. The molecule has 0 radical (unpaired) electrons. The number of rotatable bonds is 4. The second-order valence-corrected chi connectivity index (χ2v) is 4.89. The predicted molar refractivity (Wildman–Crippen MR) is 63.8 cm³/mol. The second-order valence-electron chi connectivity index (χ2n) is 4.04. The Morgan fingerprint density at radius 1 is 1.40 bits per heavy atom. The Hall–Kier alpha value is -0.670. The molecule has 0 saturated carbocycles. The third-order valence-corrected chi connectivity index (χ3v) is 3.50. The summed E-state index contributed by atoms with van der Waals surface area (Å²) in [5.74, 6) is 0.911. The molecule has 1 saturated heterocycles. The van der Waals surface area contributed by atoms with Gasteiger partial charge < -0.3 is 5.32 Å². The van der Waals surface area contributed by atoms with Crippen molar-refractivity contribution in [3.8, 4) is 0 Å². The highest BCUT2D eigenvalue weighted by Gasteiger charge is 2.20. The van der Waals surface area contributed by atoms with Crippen LogP contribution in [0.3, 0.4) is 0 Å². The summed E-state index contributed by atoms with van der Waals surface area (Å²) in [7, 11) is 0. The SMILES string of the molecule is O=C(Cc1ccccc1Br)CC1CNC1. The summed E-state index contributed by atoms with van der Waals surface area (Å²) in [5, 5.41) is 3.18. The van der Waals surface area contributed by atoms with E-state index in [1.165, 1.54) is 0 Å². The molecule has 1 aromatic rings. The van der Waals surface area contributed by atoms with Crippen molar-refractivity contribution < 1.29 is 4.79 Å². The fourth-order valence-electron chi connectivity index (χ4n) is 1.74. The molecule has 0 atom stereocenters. The van der Waals surface area contributed by atoms with E-state index in [1.54, 1.807) is 0 Å². The quantitative estimate of drug-likeness (QED) is 0.906. The summed E-state index contributed by atoms with van der Waals surface area (Å²) in [6.07, 6.45) is 1.27. The smallest absolute Gasteiger partial charge is 0.137 e. The van der Waals surface area contributed by atoms with Gasteiger partial charge in [-0.1, -0.05) is 34.1 Å². The van der Waals surface area contributed by atoms with E-state index in [0.717, 1.165) is 23.1 Å². The van der Waals surface area contributed by atoms with E-state index in [4.69, 9.17) is 0 Å². The lowest BCUT2D eigenvalue weighted by molar-refractivity contribution is -0.119. The molecule has 15 heavy (non-hydrogen) atoms. The second kappa shape index (κ2) is 4.90. The number of Topliss-reactive ketones (excluding diaryl/α,β-unsaturated/α-hetero) is 1. The number of hydrogen-bond acceptors (Lipinski definition) is 2. The van der Waals surface area contributed by atoms with Crippen molar-refractivity contribution in [2.75, 3.05) is 13.1 Å². The Morgan fingerprint density at radius 2 is 2.13 bits per heavy atom. The van der Waals surface area contributed by atoms with Crippen molar-refractivity contribution in [1.29, 1.82) is 0 Å². The van der Waals surface area contributed by atoms with Gasteiger partial charge in [-0.25, -0.2) is 0 Å². The minimum Gasteiger partial charge on any atom is -0.316 e. The molecular formula is C12H14BrNO. The molecule has 1 aliphatic rings. The van der Waals surface area contributed by atoms with Crippen molar-refractivity contribution in [1.82, 2.24) is 5.32 Å². The summed E-state index contributed by atoms with van der Waals surface area (Å²) >= 11 is 3.46. The standard InChI is InChI=1S/C12H14BrNO/c13-12-4-2-1-3-10(12)6-11(15)5-9-7-14-8-9/h1-4,9,14H,5-8H2. The fraction of sp³-hybridized carbons (Fsp3) is 0.417. The minimum atomic E-state index is 0.341. The third kappa shape index (κ3) is 2.89. The highest BCUT2D eigenvalue weighted by atomic mass is 79.9. The first-order valence-electron chi connectivity index (χ1n) is 5.21. The topological polar surface area (TPSA) is 29.1 Å². The molecule has 2 rings (SSSR count). The lowest BCUT2D eigenvalue weighted by Crippen LogP contribution is -2.43. The fourth-order valence-corrected chi connectivity index (χ4v) is 2.17. The van der Waals surface area contributed by atoms with Crippen LogP contribution in [0.1, 0.15) is 12.0 Å². The molecule has 3 heteroatoms. The molecule has 0 aliphatic carbocycles. The molecule has 0 amide bonds. The molecule has 0 unspecified atom stereocenters. The molecule has 0 spiro atoms. The first-order valence-corrected chi connectivity index (χ1v) is 6.01. The molecule has 1 heterocycles. The zero-order chi connectivity index (χ0) is 10.7. The van der Waals surface area contributed by atoms with Crippen LogP contribution >= 0.6 is 15.9 Å². The van der Waals surface area contributed by atoms with E-state index in [2.05, 4.69) is 21.2 Å². The molecule has 1 aromatic carbocycles. The average Bonchev–Trinajstić information content (AvgIpc) is 2.16. The maximum atomic E-state index is 11.7. The molecule has 0 bridgehead atoms. The number of carbonyl (C=O) groups is 1. The van der Waals surface area contributed by atoms with E-state index in [9.17, 15) is 4.79 Å². The molecule has 1 N–H and O–H groups in total. The summed E-state index contributed by atoms with van der Waals surface area (Å²) in [5.41, 5.74) is 1.09. The van der Waals surface area contributed by atoms with Gasteiger partial charge in [0.15, 0.2) is 0 Å². The lowest BCUT2D eigenvalue weighted by Gasteiger charge is -2.26. The largest absolute Gasteiger partial charge is 0.316 e. The zero-order valence-corrected chi connectivity index (χ0v) is 10.1. The average molecular weight is 268 g/mol. The summed E-state index contributed by atoms with van der Waals surface area (Å²) in [6, 6.07) is 7.92. The van der Waals surface area contributed by atoms with Crippen LogP contribution in [0.2, 0.25) is 0 Å². The van der Waals surface area contributed by atoms with E-state index in [0.29, 0.717) is 24.5 Å². The molecular weight excluding hydrogens is 254 g/mol. The first-order chi connectivity index (χ1) is 7.25. The van der Waals surface area contributed by atoms with Crippen LogP contribution in [-0.2, 0) is 11.2 Å². The van der Waals surface area contributed by atoms with Crippen molar-refractivity contribution in [2.45, 2.75) is 12.8 Å². The monoisotopic (exact) mass is 267 g/mol. The Labute approximate surface area is 98.2 Å². The van der Waals surface area contributed by atoms with Gasteiger partial charge in [-0.3, -0.25) is 4.79 Å². The zero-order valence-electron chi connectivity index (χ0n) is 8.50. The highest BCUT2D eigenvalue weighted by molar-refractivity contribution is 9.10. The third-order valence-electron chi connectivity index (χ3n) is 2.73. The molecule has 2 nitrogen and oxygen atoms in total. The Bertz CT molecular complexity index is 360. The molecule has 80 valence electrons. The molecule has 1 aliphatic heterocycles. The number of nitrogens with one attached hydrogen (secondary N) is 1. The number of ketones is 1.